The Morgan fingerprint density at radius 3 is 2.70 bits per heavy atom. The molecule has 1 saturated heterocycles. The van der Waals surface area contributed by atoms with Gasteiger partial charge in [0.25, 0.3) is 5.22 Å². The number of hydrogen-bond acceptors (Lipinski definition) is 5. The lowest BCUT2D eigenvalue weighted by Gasteiger charge is -2.34. The SMILES string of the molecule is O=C(CSc1nc2ccccc2o1)N1CCN(Cc2cccc(Cl)c2)CC1. The van der Waals surface area contributed by atoms with Crippen LogP contribution in [0.15, 0.2) is 58.2 Å². The van der Waals surface area contributed by atoms with Crippen molar-refractivity contribution in [2.75, 3.05) is 31.9 Å². The van der Waals surface area contributed by atoms with Crippen LogP contribution in [0.4, 0.5) is 0 Å². The minimum Gasteiger partial charge on any atom is -0.431 e. The van der Waals surface area contributed by atoms with Gasteiger partial charge in [-0.2, -0.15) is 0 Å². The normalized spacial score (nSPS) is 15.4. The van der Waals surface area contributed by atoms with Gasteiger partial charge in [0.1, 0.15) is 5.52 Å². The van der Waals surface area contributed by atoms with Gasteiger partial charge in [-0.05, 0) is 29.8 Å². The maximum Gasteiger partial charge on any atom is 0.257 e. The number of nitrogens with zero attached hydrogens (tertiary/aromatic N) is 3. The van der Waals surface area contributed by atoms with Crippen molar-refractivity contribution in [1.29, 1.82) is 0 Å². The fraction of sp³-hybridized carbons (Fsp3) is 0.300. The molecule has 2 aromatic carbocycles. The van der Waals surface area contributed by atoms with Crippen molar-refractivity contribution in [3.63, 3.8) is 0 Å². The molecule has 1 aliphatic heterocycles. The summed E-state index contributed by atoms with van der Waals surface area (Å²) in [6, 6.07) is 15.6. The smallest absolute Gasteiger partial charge is 0.257 e. The highest BCUT2D eigenvalue weighted by Gasteiger charge is 2.21. The number of benzene rings is 2. The molecule has 0 radical (unpaired) electrons. The van der Waals surface area contributed by atoms with Crippen LogP contribution in [0.3, 0.4) is 0 Å². The molecule has 1 amide bonds. The Bertz CT molecular complexity index is 905. The largest absolute Gasteiger partial charge is 0.431 e. The quantitative estimate of drug-likeness (QED) is 0.606. The lowest BCUT2D eigenvalue weighted by molar-refractivity contribution is -0.130. The molecule has 0 atom stereocenters. The molecule has 0 bridgehead atoms. The van der Waals surface area contributed by atoms with E-state index in [1.807, 2.05) is 47.4 Å². The zero-order chi connectivity index (χ0) is 18.6. The van der Waals surface area contributed by atoms with E-state index >= 15 is 0 Å². The summed E-state index contributed by atoms with van der Waals surface area (Å²) < 4.78 is 5.66. The van der Waals surface area contributed by atoms with Crippen molar-refractivity contribution in [1.82, 2.24) is 14.8 Å². The van der Waals surface area contributed by atoms with Crippen LogP contribution >= 0.6 is 23.4 Å². The molecular formula is C20H20ClN3O2S. The first kappa shape index (κ1) is 18.3. The lowest BCUT2D eigenvalue weighted by atomic mass is 10.2. The first-order chi connectivity index (χ1) is 13.2. The highest BCUT2D eigenvalue weighted by Crippen LogP contribution is 2.23. The van der Waals surface area contributed by atoms with E-state index in [2.05, 4.69) is 16.0 Å². The molecule has 4 rings (SSSR count). The second-order valence-electron chi connectivity index (χ2n) is 6.52. The molecule has 1 aromatic heterocycles. The molecule has 0 spiro atoms. The summed E-state index contributed by atoms with van der Waals surface area (Å²) in [6.07, 6.45) is 0. The number of amides is 1. The van der Waals surface area contributed by atoms with Gasteiger partial charge in [-0.1, -0.05) is 47.6 Å². The van der Waals surface area contributed by atoms with Crippen molar-refractivity contribution >= 4 is 40.4 Å². The molecular weight excluding hydrogens is 382 g/mol. The van der Waals surface area contributed by atoms with Gasteiger partial charge in [-0.15, -0.1) is 0 Å². The summed E-state index contributed by atoms with van der Waals surface area (Å²) in [6.45, 7) is 4.08. The van der Waals surface area contributed by atoms with Gasteiger partial charge in [0.15, 0.2) is 5.58 Å². The Morgan fingerprint density at radius 1 is 1.11 bits per heavy atom. The number of piperazine rings is 1. The van der Waals surface area contributed by atoms with Gasteiger partial charge in [0, 0.05) is 37.7 Å². The third kappa shape index (κ3) is 4.64. The Morgan fingerprint density at radius 2 is 1.93 bits per heavy atom. The number of halogens is 1. The number of hydrogen-bond donors (Lipinski definition) is 0. The number of oxazole rings is 1. The van der Waals surface area contributed by atoms with Crippen LogP contribution < -0.4 is 0 Å². The molecule has 7 heteroatoms. The van der Waals surface area contributed by atoms with E-state index in [1.165, 1.54) is 17.3 Å². The monoisotopic (exact) mass is 401 g/mol. The summed E-state index contributed by atoms with van der Waals surface area (Å²) in [4.78, 5) is 21.2. The zero-order valence-corrected chi connectivity index (χ0v) is 16.4. The second-order valence-corrected chi connectivity index (χ2v) is 7.89. The van der Waals surface area contributed by atoms with E-state index in [0.29, 0.717) is 11.0 Å². The third-order valence-electron chi connectivity index (χ3n) is 4.61. The number of thioether (sulfide) groups is 1. The third-order valence-corrected chi connectivity index (χ3v) is 5.66. The number of carbonyl (C=O) groups excluding carboxylic acids is 1. The molecule has 3 aromatic rings. The summed E-state index contributed by atoms with van der Waals surface area (Å²) >= 11 is 7.41. The van der Waals surface area contributed by atoms with E-state index in [0.717, 1.165) is 48.8 Å². The fourth-order valence-corrected chi connectivity index (χ4v) is 4.13. The average Bonchev–Trinajstić information content (AvgIpc) is 3.10. The molecule has 27 heavy (non-hydrogen) atoms. The zero-order valence-electron chi connectivity index (χ0n) is 14.8. The van der Waals surface area contributed by atoms with Gasteiger partial charge in [-0.25, -0.2) is 4.98 Å². The molecule has 2 heterocycles. The van der Waals surface area contributed by atoms with E-state index in [4.69, 9.17) is 16.0 Å². The van der Waals surface area contributed by atoms with Gasteiger partial charge < -0.3 is 9.32 Å². The van der Waals surface area contributed by atoms with Crippen LogP contribution in [0, 0.1) is 0 Å². The molecule has 140 valence electrons. The van der Waals surface area contributed by atoms with Gasteiger partial charge in [0.05, 0.1) is 5.75 Å². The van der Waals surface area contributed by atoms with Crippen molar-refractivity contribution in [3.05, 3.63) is 59.1 Å². The van der Waals surface area contributed by atoms with Crippen LogP contribution in [0.1, 0.15) is 5.56 Å². The van der Waals surface area contributed by atoms with Crippen LogP contribution in [-0.4, -0.2) is 52.6 Å². The molecule has 1 fully saturated rings. The van der Waals surface area contributed by atoms with Crippen molar-refractivity contribution in [2.45, 2.75) is 11.8 Å². The number of para-hydroxylation sites is 2. The number of rotatable bonds is 5. The average molecular weight is 402 g/mol. The van der Waals surface area contributed by atoms with Crippen LogP contribution in [-0.2, 0) is 11.3 Å². The topological polar surface area (TPSA) is 49.6 Å². The molecule has 1 aliphatic rings. The Balaban J connectivity index is 1.25. The Labute approximate surface area is 167 Å². The lowest BCUT2D eigenvalue weighted by Crippen LogP contribution is -2.48. The van der Waals surface area contributed by atoms with E-state index < -0.39 is 0 Å². The van der Waals surface area contributed by atoms with Crippen LogP contribution in [0.25, 0.3) is 11.1 Å². The van der Waals surface area contributed by atoms with E-state index in [1.54, 1.807) is 0 Å². The molecule has 0 N–H and O–H groups in total. The van der Waals surface area contributed by atoms with E-state index in [9.17, 15) is 4.79 Å². The summed E-state index contributed by atoms with van der Waals surface area (Å²) in [5.74, 6) is 0.478. The highest BCUT2D eigenvalue weighted by molar-refractivity contribution is 7.99. The summed E-state index contributed by atoms with van der Waals surface area (Å²) in [7, 11) is 0. The predicted molar refractivity (Wildman–Crippen MR) is 108 cm³/mol. The van der Waals surface area contributed by atoms with Crippen LogP contribution in [0.2, 0.25) is 5.02 Å². The molecule has 0 aliphatic carbocycles. The maximum absolute atomic E-state index is 12.5. The van der Waals surface area contributed by atoms with Crippen LogP contribution in [0.5, 0.6) is 0 Å². The van der Waals surface area contributed by atoms with Gasteiger partial charge in [0.2, 0.25) is 5.91 Å². The Hall–Kier alpha value is -2.02. The number of carbonyl (C=O) groups is 1. The fourth-order valence-electron chi connectivity index (χ4n) is 3.18. The summed E-state index contributed by atoms with van der Waals surface area (Å²) in [5, 5.41) is 1.31. The van der Waals surface area contributed by atoms with Crippen molar-refractivity contribution in [2.24, 2.45) is 0 Å². The highest BCUT2D eigenvalue weighted by atomic mass is 35.5. The van der Waals surface area contributed by atoms with Crippen molar-refractivity contribution in [3.8, 4) is 0 Å². The van der Waals surface area contributed by atoms with E-state index in [-0.39, 0.29) is 5.91 Å². The van der Waals surface area contributed by atoms with Gasteiger partial charge >= 0.3 is 0 Å². The van der Waals surface area contributed by atoms with Gasteiger partial charge in [-0.3, -0.25) is 9.69 Å². The molecule has 0 saturated carbocycles. The predicted octanol–water partition coefficient (Wildman–Crippen LogP) is 3.92. The standard InChI is InChI=1S/C20H20ClN3O2S/c21-16-5-3-4-15(12-16)13-23-8-10-24(11-9-23)19(25)14-27-20-22-17-6-1-2-7-18(17)26-20/h1-7,12H,8-11,13-14H2. The Kier molecular flexibility index (Phi) is 5.66. The molecule has 5 nitrogen and oxygen atoms in total. The summed E-state index contributed by atoms with van der Waals surface area (Å²) in [5.41, 5.74) is 2.78. The molecule has 0 unspecified atom stereocenters. The first-order valence-corrected chi connectivity index (χ1v) is 10.3. The minimum atomic E-state index is 0.129. The second kappa shape index (κ2) is 8.33. The minimum absolute atomic E-state index is 0.129. The van der Waals surface area contributed by atoms with Crippen molar-refractivity contribution < 1.29 is 9.21 Å². The first-order valence-electron chi connectivity index (χ1n) is 8.90. The number of fused-ring (bicyclic) bond motifs is 1. The maximum atomic E-state index is 12.5. The number of aromatic nitrogens is 1.